The van der Waals surface area contributed by atoms with Crippen molar-refractivity contribution in [3.63, 3.8) is 0 Å². The zero-order valence-electron chi connectivity index (χ0n) is 24.5. The fourth-order valence-electron chi connectivity index (χ4n) is 4.73. The zero-order valence-corrected chi connectivity index (χ0v) is 28.7. The molecule has 3 heterocycles. The molecule has 0 N–H and O–H groups in total. The first-order valence-electron chi connectivity index (χ1n) is 14.5. The number of para-hydroxylation sites is 3. The molecule has 3 nitrogen and oxygen atoms in total. The van der Waals surface area contributed by atoms with Crippen LogP contribution in [-0.4, -0.2) is 15.0 Å². The molecule has 0 aliphatic heterocycles. The second-order valence-corrected chi connectivity index (χ2v) is 13.2. The van der Waals surface area contributed by atoms with Crippen LogP contribution in [0.15, 0.2) is 164 Å². The van der Waals surface area contributed by atoms with E-state index in [1.165, 1.54) is 30.8 Å². The van der Waals surface area contributed by atoms with E-state index in [1.807, 2.05) is 72.8 Å². The molecular formula is C39H27N3RuS3. The molecule has 9 rings (SSSR count). The van der Waals surface area contributed by atoms with Crippen LogP contribution in [0.2, 0.25) is 0 Å². The number of rotatable bonds is 3. The number of hydrogen-bond donors (Lipinski definition) is 0. The molecule has 0 saturated heterocycles. The van der Waals surface area contributed by atoms with Gasteiger partial charge in [-0.05, 0) is 36.4 Å². The van der Waals surface area contributed by atoms with Crippen molar-refractivity contribution in [3.05, 3.63) is 164 Å². The SMILES string of the molecule is [Ru].c1ccc(-c2nc3ccccc3s2)cc1.c1ccc(-c2nc3ccccc3s2)cc1.c1ccc(-c2nc3ccccc3s2)cc1. The summed E-state index contributed by atoms with van der Waals surface area (Å²) in [7, 11) is 0. The van der Waals surface area contributed by atoms with Crippen LogP contribution in [0, 0.1) is 0 Å². The summed E-state index contributed by atoms with van der Waals surface area (Å²) < 4.78 is 3.74. The van der Waals surface area contributed by atoms with Gasteiger partial charge in [-0.25, -0.2) is 15.0 Å². The van der Waals surface area contributed by atoms with Gasteiger partial charge in [-0.2, -0.15) is 0 Å². The third kappa shape index (κ3) is 7.52. The minimum Gasteiger partial charge on any atom is -0.236 e. The van der Waals surface area contributed by atoms with Crippen LogP contribution in [0.25, 0.3) is 62.4 Å². The maximum atomic E-state index is 4.60. The normalized spacial score (nSPS) is 10.4. The third-order valence-electron chi connectivity index (χ3n) is 6.94. The Balaban J connectivity index is 0.000000120. The molecule has 0 unspecified atom stereocenters. The van der Waals surface area contributed by atoms with Gasteiger partial charge in [0.05, 0.1) is 30.6 Å². The van der Waals surface area contributed by atoms with E-state index in [1.54, 1.807) is 34.0 Å². The summed E-state index contributed by atoms with van der Waals surface area (Å²) in [4.78, 5) is 13.8. The first-order chi connectivity index (χ1) is 22.3. The van der Waals surface area contributed by atoms with Crippen LogP contribution in [0.4, 0.5) is 0 Å². The van der Waals surface area contributed by atoms with Crippen LogP contribution in [0.5, 0.6) is 0 Å². The van der Waals surface area contributed by atoms with E-state index >= 15 is 0 Å². The molecule has 0 fully saturated rings. The van der Waals surface area contributed by atoms with Gasteiger partial charge in [0.2, 0.25) is 0 Å². The van der Waals surface area contributed by atoms with Crippen LogP contribution in [0.1, 0.15) is 0 Å². The largest absolute Gasteiger partial charge is 0.236 e. The average molecular weight is 735 g/mol. The predicted octanol–water partition coefficient (Wildman–Crippen LogP) is 11.9. The van der Waals surface area contributed by atoms with E-state index in [4.69, 9.17) is 0 Å². The van der Waals surface area contributed by atoms with Crippen LogP contribution in [0.3, 0.4) is 0 Å². The summed E-state index contributed by atoms with van der Waals surface area (Å²) in [6.07, 6.45) is 0. The van der Waals surface area contributed by atoms with E-state index in [0.717, 1.165) is 31.6 Å². The quantitative estimate of drug-likeness (QED) is 0.170. The van der Waals surface area contributed by atoms with Gasteiger partial charge in [-0.3, -0.25) is 0 Å². The molecule has 6 aromatic carbocycles. The van der Waals surface area contributed by atoms with Crippen molar-refractivity contribution in [3.8, 4) is 31.7 Å². The van der Waals surface area contributed by atoms with Crippen molar-refractivity contribution in [1.82, 2.24) is 15.0 Å². The summed E-state index contributed by atoms with van der Waals surface area (Å²) in [5, 5.41) is 3.28. The van der Waals surface area contributed by atoms with Gasteiger partial charge in [0.1, 0.15) is 15.0 Å². The van der Waals surface area contributed by atoms with Crippen molar-refractivity contribution in [2.24, 2.45) is 0 Å². The molecule has 0 bridgehead atoms. The van der Waals surface area contributed by atoms with Crippen molar-refractivity contribution >= 4 is 64.7 Å². The first kappa shape index (κ1) is 31.6. The Hall–Kier alpha value is -4.39. The van der Waals surface area contributed by atoms with Crippen molar-refractivity contribution in [2.45, 2.75) is 0 Å². The molecule has 0 saturated carbocycles. The van der Waals surface area contributed by atoms with Gasteiger partial charge in [0, 0.05) is 36.2 Å². The Morgan fingerprint density at radius 2 is 0.522 bits per heavy atom. The van der Waals surface area contributed by atoms with Crippen LogP contribution < -0.4 is 0 Å². The topological polar surface area (TPSA) is 38.7 Å². The summed E-state index contributed by atoms with van der Waals surface area (Å²) in [6.45, 7) is 0. The van der Waals surface area contributed by atoms with E-state index in [9.17, 15) is 0 Å². The van der Waals surface area contributed by atoms with Crippen molar-refractivity contribution < 1.29 is 19.5 Å². The third-order valence-corrected chi connectivity index (χ3v) is 10.2. The van der Waals surface area contributed by atoms with Gasteiger partial charge in [0.25, 0.3) is 0 Å². The van der Waals surface area contributed by atoms with Gasteiger partial charge < -0.3 is 0 Å². The molecule has 0 radical (unpaired) electrons. The first-order valence-corrected chi connectivity index (χ1v) is 17.0. The Morgan fingerprint density at radius 3 is 0.783 bits per heavy atom. The van der Waals surface area contributed by atoms with Crippen molar-refractivity contribution in [2.75, 3.05) is 0 Å². The summed E-state index contributed by atoms with van der Waals surface area (Å²) in [5.74, 6) is 0. The molecule has 224 valence electrons. The van der Waals surface area contributed by atoms with Gasteiger partial charge in [-0.15, -0.1) is 34.0 Å². The Morgan fingerprint density at radius 1 is 0.283 bits per heavy atom. The minimum atomic E-state index is 0. The Labute approximate surface area is 292 Å². The van der Waals surface area contributed by atoms with Crippen LogP contribution in [-0.2, 0) is 19.5 Å². The minimum absolute atomic E-state index is 0. The van der Waals surface area contributed by atoms with E-state index in [-0.39, 0.29) is 19.5 Å². The summed E-state index contributed by atoms with van der Waals surface area (Å²) in [6, 6.07) is 55.6. The fourth-order valence-corrected chi connectivity index (χ4v) is 7.64. The number of benzene rings is 6. The number of nitrogens with zero attached hydrogens (tertiary/aromatic N) is 3. The molecular weight excluding hydrogens is 708 g/mol. The maximum Gasteiger partial charge on any atom is 0.124 e. The number of aromatic nitrogens is 3. The standard InChI is InChI=1S/3C13H9NS.Ru/c3*1-2-6-10(7-3-1)13-14-11-8-4-5-9-12(11)15-13;/h3*1-9H;. The van der Waals surface area contributed by atoms with E-state index in [0.29, 0.717) is 0 Å². The predicted molar refractivity (Wildman–Crippen MR) is 195 cm³/mol. The monoisotopic (exact) mass is 735 g/mol. The van der Waals surface area contributed by atoms with E-state index in [2.05, 4.69) is 106 Å². The number of fused-ring (bicyclic) bond motifs is 3. The Kier molecular flexibility index (Phi) is 10.5. The summed E-state index contributed by atoms with van der Waals surface area (Å²) in [5.41, 5.74) is 6.83. The molecule has 0 atom stereocenters. The molecule has 0 aliphatic rings. The summed E-state index contributed by atoms with van der Waals surface area (Å²) >= 11 is 5.22. The second-order valence-electron chi connectivity index (χ2n) is 10.1. The van der Waals surface area contributed by atoms with E-state index < -0.39 is 0 Å². The fraction of sp³-hybridized carbons (Fsp3) is 0. The zero-order chi connectivity index (χ0) is 30.3. The molecule has 9 aromatic rings. The van der Waals surface area contributed by atoms with Gasteiger partial charge >= 0.3 is 0 Å². The van der Waals surface area contributed by atoms with Crippen molar-refractivity contribution in [1.29, 1.82) is 0 Å². The molecule has 0 aliphatic carbocycles. The molecule has 0 spiro atoms. The second kappa shape index (κ2) is 15.3. The maximum absolute atomic E-state index is 4.60. The van der Waals surface area contributed by atoms with Gasteiger partial charge in [-0.1, -0.05) is 127 Å². The molecule has 0 amide bonds. The molecule has 46 heavy (non-hydrogen) atoms. The number of thiazole rings is 3. The average Bonchev–Trinajstić information content (AvgIpc) is 3.87. The van der Waals surface area contributed by atoms with Crippen LogP contribution >= 0.6 is 34.0 Å². The molecule has 7 heteroatoms. The number of hydrogen-bond acceptors (Lipinski definition) is 6. The van der Waals surface area contributed by atoms with Gasteiger partial charge in [0.15, 0.2) is 0 Å². The Bertz CT molecular complexity index is 1920. The smallest absolute Gasteiger partial charge is 0.124 e. The molecule has 3 aromatic heterocycles.